The van der Waals surface area contributed by atoms with Gasteiger partial charge in [0.2, 0.25) is 21.8 Å². The number of amides is 2. The molecular formula is C28H40ClN3O5S. The van der Waals surface area contributed by atoms with E-state index in [0.29, 0.717) is 36.0 Å². The summed E-state index contributed by atoms with van der Waals surface area (Å²) < 4.78 is 31.8. The van der Waals surface area contributed by atoms with Crippen molar-refractivity contribution in [3.05, 3.63) is 59.1 Å². The standard InChI is InChI=1S/C28H40ClN3O5S/c1-6-26(28(34)30-19-21(3)4)31(20-22-11-8-9-12-25(22)29)27(33)13-10-18-32(38(5,35)36)23-14-16-24(17-15-23)37-7-2/h8-9,11-12,14-17,21,26H,6-7,10,13,18-20H2,1-5H3,(H,30,34)/t26-/m0/s1. The second-order valence-corrected chi connectivity index (χ2v) is 11.9. The smallest absolute Gasteiger partial charge is 0.242 e. The zero-order valence-corrected chi connectivity index (χ0v) is 24.5. The first kappa shape index (κ1) is 31.4. The summed E-state index contributed by atoms with van der Waals surface area (Å²) in [7, 11) is -3.58. The highest BCUT2D eigenvalue weighted by Gasteiger charge is 2.29. The van der Waals surface area contributed by atoms with Crippen molar-refractivity contribution in [3.8, 4) is 5.75 Å². The van der Waals surface area contributed by atoms with Gasteiger partial charge < -0.3 is 15.0 Å². The first-order valence-corrected chi connectivity index (χ1v) is 15.2. The molecule has 1 atom stereocenters. The van der Waals surface area contributed by atoms with Gasteiger partial charge in [-0.25, -0.2) is 8.42 Å². The van der Waals surface area contributed by atoms with Crippen molar-refractivity contribution >= 4 is 39.1 Å². The van der Waals surface area contributed by atoms with E-state index in [1.165, 1.54) is 4.31 Å². The summed E-state index contributed by atoms with van der Waals surface area (Å²) in [6.45, 7) is 9.07. The quantitative estimate of drug-likeness (QED) is 0.332. The second-order valence-electron chi connectivity index (χ2n) is 9.54. The van der Waals surface area contributed by atoms with Crippen molar-refractivity contribution in [3.63, 3.8) is 0 Å². The van der Waals surface area contributed by atoms with E-state index in [0.717, 1.165) is 11.8 Å². The number of rotatable bonds is 15. The van der Waals surface area contributed by atoms with Crippen LogP contribution in [0.1, 0.15) is 52.5 Å². The van der Waals surface area contributed by atoms with Gasteiger partial charge in [-0.05, 0) is 61.6 Å². The number of ether oxygens (including phenoxy) is 1. The molecule has 2 rings (SSSR count). The molecule has 0 aromatic heterocycles. The fourth-order valence-electron chi connectivity index (χ4n) is 4.03. The van der Waals surface area contributed by atoms with Crippen LogP contribution < -0.4 is 14.4 Å². The second kappa shape index (κ2) is 15.0. The van der Waals surface area contributed by atoms with Gasteiger partial charge >= 0.3 is 0 Å². The average Bonchev–Trinajstić information content (AvgIpc) is 2.86. The van der Waals surface area contributed by atoms with Crippen molar-refractivity contribution < 1.29 is 22.7 Å². The number of sulfonamides is 1. The van der Waals surface area contributed by atoms with Gasteiger partial charge in [0.1, 0.15) is 11.8 Å². The molecule has 2 aromatic rings. The fraction of sp³-hybridized carbons (Fsp3) is 0.500. The number of halogens is 1. The topological polar surface area (TPSA) is 96.0 Å². The lowest BCUT2D eigenvalue weighted by Crippen LogP contribution is -2.49. The van der Waals surface area contributed by atoms with Gasteiger partial charge in [-0.2, -0.15) is 0 Å². The Balaban J connectivity index is 2.20. The molecular weight excluding hydrogens is 526 g/mol. The Kier molecular flexibility index (Phi) is 12.4. The molecule has 210 valence electrons. The van der Waals surface area contributed by atoms with E-state index in [1.54, 1.807) is 35.2 Å². The fourth-order valence-corrected chi connectivity index (χ4v) is 5.19. The molecule has 0 spiro atoms. The molecule has 0 aliphatic heterocycles. The van der Waals surface area contributed by atoms with Gasteiger partial charge in [-0.1, -0.05) is 50.6 Å². The molecule has 8 nitrogen and oxygen atoms in total. The molecule has 0 saturated heterocycles. The van der Waals surface area contributed by atoms with Crippen LogP contribution in [0.25, 0.3) is 0 Å². The summed E-state index contributed by atoms with van der Waals surface area (Å²) in [6, 6.07) is 13.4. The predicted octanol–water partition coefficient (Wildman–Crippen LogP) is 4.86. The first-order valence-electron chi connectivity index (χ1n) is 13.0. The number of nitrogens with zero attached hydrogens (tertiary/aromatic N) is 2. The Morgan fingerprint density at radius 1 is 1.05 bits per heavy atom. The minimum atomic E-state index is -3.58. The highest BCUT2D eigenvalue weighted by Crippen LogP contribution is 2.24. The normalized spacial score (nSPS) is 12.2. The van der Waals surface area contributed by atoms with E-state index in [-0.39, 0.29) is 43.7 Å². The number of carbonyl (C=O) groups excluding carboxylic acids is 2. The molecule has 1 N–H and O–H groups in total. The molecule has 2 amide bonds. The SMILES string of the molecule is CCOc1ccc(N(CCCC(=O)N(Cc2ccccc2Cl)[C@@H](CC)C(=O)NCC(C)C)S(C)(=O)=O)cc1. The number of anilines is 1. The third kappa shape index (κ3) is 9.51. The van der Waals surface area contributed by atoms with Crippen molar-refractivity contribution in [2.24, 2.45) is 5.92 Å². The van der Waals surface area contributed by atoms with Crippen LogP contribution in [0.15, 0.2) is 48.5 Å². The van der Waals surface area contributed by atoms with Crippen LogP contribution in [0.5, 0.6) is 5.75 Å². The monoisotopic (exact) mass is 565 g/mol. The number of carbonyl (C=O) groups is 2. The molecule has 0 aliphatic rings. The molecule has 0 radical (unpaired) electrons. The van der Waals surface area contributed by atoms with Crippen LogP contribution in [0.3, 0.4) is 0 Å². The molecule has 0 saturated carbocycles. The average molecular weight is 566 g/mol. The van der Waals surface area contributed by atoms with Gasteiger partial charge in [0.15, 0.2) is 0 Å². The van der Waals surface area contributed by atoms with Crippen molar-refractivity contribution in [2.75, 3.05) is 30.3 Å². The molecule has 0 bridgehead atoms. The van der Waals surface area contributed by atoms with E-state index >= 15 is 0 Å². The van der Waals surface area contributed by atoms with Crippen LogP contribution in [-0.4, -0.2) is 57.1 Å². The molecule has 2 aromatic carbocycles. The molecule has 10 heteroatoms. The van der Waals surface area contributed by atoms with Crippen LogP contribution in [-0.2, 0) is 26.2 Å². The van der Waals surface area contributed by atoms with Crippen LogP contribution >= 0.6 is 11.6 Å². The van der Waals surface area contributed by atoms with Gasteiger partial charge in [-0.3, -0.25) is 13.9 Å². The molecule has 0 aliphatic carbocycles. The lowest BCUT2D eigenvalue weighted by molar-refractivity contribution is -0.141. The Bertz CT molecular complexity index is 1160. The van der Waals surface area contributed by atoms with Crippen LogP contribution in [0.2, 0.25) is 5.02 Å². The highest BCUT2D eigenvalue weighted by molar-refractivity contribution is 7.92. The maximum Gasteiger partial charge on any atom is 0.242 e. The van der Waals surface area contributed by atoms with Crippen LogP contribution in [0, 0.1) is 5.92 Å². The molecule has 0 heterocycles. The summed E-state index contributed by atoms with van der Waals surface area (Å²) in [5.74, 6) is 0.468. The maximum atomic E-state index is 13.5. The van der Waals surface area contributed by atoms with E-state index in [9.17, 15) is 18.0 Å². The lowest BCUT2D eigenvalue weighted by atomic mass is 10.1. The van der Waals surface area contributed by atoms with Gasteiger partial charge in [0.05, 0.1) is 18.6 Å². The molecule has 0 fully saturated rings. The van der Waals surface area contributed by atoms with E-state index < -0.39 is 16.1 Å². The number of hydrogen-bond donors (Lipinski definition) is 1. The van der Waals surface area contributed by atoms with Gasteiger partial charge in [-0.15, -0.1) is 0 Å². The summed E-state index contributed by atoms with van der Waals surface area (Å²) in [4.78, 5) is 28.1. The van der Waals surface area contributed by atoms with E-state index in [2.05, 4.69) is 5.32 Å². The third-order valence-electron chi connectivity index (χ3n) is 5.96. The van der Waals surface area contributed by atoms with E-state index in [4.69, 9.17) is 16.3 Å². The summed E-state index contributed by atoms with van der Waals surface area (Å²) in [6.07, 6.45) is 1.92. The minimum absolute atomic E-state index is 0.0709. The maximum absolute atomic E-state index is 13.5. The Hall–Kier alpha value is -2.78. The van der Waals surface area contributed by atoms with Gasteiger partial charge in [0, 0.05) is 31.1 Å². The summed E-state index contributed by atoms with van der Waals surface area (Å²) in [5, 5.41) is 3.45. The Morgan fingerprint density at radius 2 is 1.71 bits per heavy atom. The van der Waals surface area contributed by atoms with E-state index in [1.807, 2.05) is 45.9 Å². The number of nitrogens with one attached hydrogen (secondary N) is 1. The largest absolute Gasteiger partial charge is 0.494 e. The van der Waals surface area contributed by atoms with Gasteiger partial charge in [0.25, 0.3) is 0 Å². The Morgan fingerprint density at radius 3 is 2.26 bits per heavy atom. The van der Waals surface area contributed by atoms with Crippen LogP contribution in [0.4, 0.5) is 5.69 Å². The molecule has 0 unspecified atom stereocenters. The Labute approximate surface area is 232 Å². The predicted molar refractivity (Wildman–Crippen MR) is 153 cm³/mol. The lowest BCUT2D eigenvalue weighted by Gasteiger charge is -2.31. The summed E-state index contributed by atoms with van der Waals surface area (Å²) in [5.41, 5.74) is 1.24. The van der Waals surface area contributed by atoms with Crippen molar-refractivity contribution in [1.29, 1.82) is 0 Å². The third-order valence-corrected chi connectivity index (χ3v) is 7.52. The zero-order chi connectivity index (χ0) is 28.3. The number of benzene rings is 2. The zero-order valence-electron chi connectivity index (χ0n) is 22.9. The summed E-state index contributed by atoms with van der Waals surface area (Å²) >= 11 is 6.38. The highest BCUT2D eigenvalue weighted by atomic mass is 35.5. The molecule has 38 heavy (non-hydrogen) atoms. The first-order chi connectivity index (χ1) is 18.0. The van der Waals surface area contributed by atoms with Crippen molar-refractivity contribution in [1.82, 2.24) is 10.2 Å². The minimum Gasteiger partial charge on any atom is -0.494 e. The number of hydrogen-bond acceptors (Lipinski definition) is 5. The van der Waals surface area contributed by atoms with Crippen molar-refractivity contribution in [2.45, 2.75) is 59.5 Å².